The van der Waals surface area contributed by atoms with E-state index in [1.165, 1.54) is 5.56 Å². The van der Waals surface area contributed by atoms with E-state index in [0.717, 1.165) is 34.8 Å². The highest BCUT2D eigenvalue weighted by atomic mass is 32.1. The zero-order chi connectivity index (χ0) is 14.5. The first-order valence-corrected chi connectivity index (χ1v) is 7.56. The third-order valence-corrected chi connectivity index (χ3v) is 5.07. The van der Waals surface area contributed by atoms with Crippen molar-refractivity contribution < 1.29 is 4.79 Å². The summed E-state index contributed by atoms with van der Waals surface area (Å²) in [5.41, 5.74) is 6.25. The van der Waals surface area contributed by atoms with Gasteiger partial charge in [0, 0.05) is 13.1 Å². The van der Waals surface area contributed by atoms with Gasteiger partial charge in [-0.2, -0.15) is 0 Å². The van der Waals surface area contributed by atoms with E-state index in [4.69, 9.17) is 5.73 Å². The summed E-state index contributed by atoms with van der Waals surface area (Å²) in [4.78, 5) is 23.9. The first-order chi connectivity index (χ1) is 9.40. The Morgan fingerprint density at radius 1 is 1.45 bits per heavy atom. The van der Waals surface area contributed by atoms with Crippen molar-refractivity contribution in [2.45, 2.75) is 27.2 Å². The number of thiophene rings is 1. The largest absolute Gasteiger partial charge is 0.369 e. The van der Waals surface area contributed by atoms with Crippen LogP contribution in [0.5, 0.6) is 0 Å². The van der Waals surface area contributed by atoms with Crippen LogP contribution in [0.3, 0.4) is 0 Å². The molecule has 0 saturated carbocycles. The summed E-state index contributed by atoms with van der Waals surface area (Å²) in [6.45, 7) is 7.34. The molecular weight excluding hydrogens is 272 g/mol. The van der Waals surface area contributed by atoms with Crippen molar-refractivity contribution in [1.82, 2.24) is 9.97 Å². The second kappa shape index (κ2) is 4.41. The Kier molecular flexibility index (Phi) is 2.93. The highest BCUT2D eigenvalue weighted by molar-refractivity contribution is 7.17. The van der Waals surface area contributed by atoms with Crippen molar-refractivity contribution in [2.24, 2.45) is 11.1 Å². The number of carbonyl (C=O) groups excluding carboxylic acids is 1. The number of hydrogen-bond donors (Lipinski definition) is 1. The molecule has 106 valence electrons. The molecule has 3 rings (SSSR count). The number of primary amides is 1. The molecule has 0 aliphatic carbocycles. The molecule has 1 unspecified atom stereocenters. The molecule has 1 atom stereocenters. The van der Waals surface area contributed by atoms with E-state index in [1.807, 2.05) is 13.8 Å². The van der Waals surface area contributed by atoms with Crippen LogP contribution in [0.25, 0.3) is 10.2 Å². The van der Waals surface area contributed by atoms with Gasteiger partial charge in [-0.15, -0.1) is 11.3 Å². The zero-order valence-corrected chi connectivity index (χ0v) is 12.8. The summed E-state index contributed by atoms with van der Waals surface area (Å²) in [6, 6.07) is 0. The number of rotatable bonds is 2. The predicted octanol–water partition coefficient (Wildman–Crippen LogP) is 2.01. The van der Waals surface area contributed by atoms with Gasteiger partial charge >= 0.3 is 0 Å². The lowest BCUT2D eigenvalue weighted by Crippen LogP contribution is -2.37. The van der Waals surface area contributed by atoms with Crippen LogP contribution < -0.4 is 10.6 Å². The molecule has 1 saturated heterocycles. The first kappa shape index (κ1) is 13.3. The molecule has 0 spiro atoms. The molecule has 1 amide bonds. The average Bonchev–Trinajstić information content (AvgIpc) is 2.94. The number of carbonyl (C=O) groups is 1. The maximum Gasteiger partial charge on any atom is 0.225 e. The monoisotopic (exact) mass is 290 g/mol. The van der Waals surface area contributed by atoms with Crippen LogP contribution in [-0.2, 0) is 4.79 Å². The first-order valence-electron chi connectivity index (χ1n) is 6.68. The predicted molar refractivity (Wildman–Crippen MR) is 81.0 cm³/mol. The van der Waals surface area contributed by atoms with Crippen LogP contribution >= 0.6 is 11.3 Å². The molecule has 2 aromatic heterocycles. The molecule has 6 heteroatoms. The fourth-order valence-corrected chi connectivity index (χ4v) is 3.70. The van der Waals surface area contributed by atoms with Gasteiger partial charge in [-0.3, -0.25) is 4.79 Å². The normalized spacial score (nSPS) is 22.6. The Morgan fingerprint density at radius 2 is 2.20 bits per heavy atom. The van der Waals surface area contributed by atoms with E-state index in [9.17, 15) is 4.79 Å². The maximum absolute atomic E-state index is 11.6. The van der Waals surface area contributed by atoms with Gasteiger partial charge in [0.05, 0.1) is 10.8 Å². The highest BCUT2D eigenvalue weighted by Crippen LogP contribution is 2.37. The number of nitrogens with zero attached hydrogens (tertiary/aromatic N) is 3. The van der Waals surface area contributed by atoms with Gasteiger partial charge in [-0.25, -0.2) is 9.97 Å². The molecule has 2 N–H and O–H groups in total. The molecule has 3 heterocycles. The molecule has 1 aliphatic heterocycles. The number of hydrogen-bond acceptors (Lipinski definition) is 5. The van der Waals surface area contributed by atoms with Crippen molar-refractivity contribution in [3.8, 4) is 0 Å². The average molecular weight is 290 g/mol. The number of anilines is 1. The van der Waals surface area contributed by atoms with E-state index in [2.05, 4.69) is 27.2 Å². The Bertz CT molecular complexity index is 696. The van der Waals surface area contributed by atoms with Crippen LogP contribution in [-0.4, -0.2) is 29.0 Å². The van der Waals surface area contributed by atoms with Crippen LogP contribution in [0, 0.1) is 19.3 Å². The van der Waals surface area contributed by atoms with Gasteiger partial charge in [-0.1, -0.05) is 0 Å². The van der Waals surface area contributed by atoms with Crippen LogP contribution in [0.2, 0.25) is 0 Å². The van der Waals surface area contributed by atoms with Gasteiger partial charge in [0.1, 0.15) is 16.5 Å². The topological polar surface area (TPSA) is 72.1 Å². The molecule has 5 nitrogen and oxygen atoms in total. The smallest absolute Gasteiger partial charge is 0.225 e. The van der Waals surface area contributed by atoms with Gasteiger partial charge in [0.2, 0.25) is 5.91 Å². The van der Waals surface area contributed by atoms with Crippen molar-refractivity contribution >= 4 is 33.3 Å². The van der Waals surface area contributed by atoms with Crippen molar-refractivity contribution in [2.75, 3.05) is 18.0 Å². The minimum atomic E-state index is -0.463. The summed E-state index contributed by atoms with van der Waals surface area (Å²) in [5, 5.41) is 3.21. The standard InChI is InChI=1S/C14H18N4OS/c1-8-6-20-12-10(8)11(16-9(2)17-12)18-5-4-14(3,7-18)13(15)19/h6H,4-5,7H2,1-3H3,(H2,15,19). The van der Waals surface area contributed by atoms with Crippen molar-refractivity contribution in [3.63, 3.8) is 0 Å². The van der Waals surface area contributed by atoms with Crippen LogP contribution in [0.15, 0.2) is 5.38 Å². The Morgan fingerprint density at radius 3 is 2.85 bits per heavy atom. The summed E-state index contributed by atoms with van der Waals surface area (Å²) in [5.74, 6) is 1.47. The lowest BCUT2D eigenvalue weighted by molar-refractivity contribution is -0.125. The van der Waals surface area contributed by atoms with Gasteiger partial charge in [0.25, 0.3) is 0 Å². The summed E-state index contributed by atoms with van der Waals surface area (Å²) in [6.07, 6.45) is 0.774. The van der Waals surface area contributed by atoms with E-state index in [-0.39, 0.29) is 5.91 Å². The van der Waals surface area contributed by atoms with E-state index >= 15 is 0 Å². The van der Waals surface area contributed by atoms with Gasteiger partial charge in [0.15, 0.2) is 0 Å². The van der Waals surface area contributed by atoms with Gasteiger partial charge in [-0.05, 0) is 38.1 Å². The Balaban J connectivity index is 2.07. The second-order valence-corrected chi connectivity index (χ2v) is 6.65. The fraction of sp³-hybridized carbons (Fsp3) is 0.500. The van der Waals surface area contributed by atoms with Crippen LogP contribution in [0.4, 0.5) is 5.82 Å². The molecule has 1 fully saturated rings. The molecule has 2 aromatic rings. The summed E-state index contributed by atoms with van der Waals surface area (Å²) in [7, 11) is 0. The molecule has 0 radical (unpaired) electrons. The number of nitrogens with two attached hydrogens (primary N) is 1. The Labute approximate surface area is 121 Å². The van der Waals surface area contributed by atoms with Crippen LogP contribution in [0.1, 0.15) is 24.7 Å². The second-order valence-electron chi connectivity index (χ2n) is 5.79. The number of aromatic nitrogens is 2. The lowest BCUT2D eigenvalue weighted by Gasteiger charge is -2.22. The number of fused-ring (bicyclic) bond motifs is 1. The third-order valence-electron chi connectivity index (χ3n) is 4.08. The summed E-state index contributed by atoms with van der Waals surface area (Å²) < 4.78 is 0. The van der Waals surface area contributed by atoms with E-state index in [1.54, 1.807) is 11.3 Å². The molecule has 0 aromatic carbocycles. The molecule has 0 bridgehead atoms. The van der Waals surface area contributed by atoms with E-state index < -0.39 is 5.41 Å². The maximum atomic E-state index is 11.6. The number of amides is 1. The fourth-order valence-electron chi connectivity index (χ4n) is 2.74. The van der Waals surface area contributed by atoms with Gasteiger partial charge < -0.3 is 10.6 Å². The Hall–Kier alpha value is -1.69. The molecule has 1 aliphatic rings. The van der Waals surface area contributed by atoms with Crippen molar-refractivity contribution in [1.29, 1.82) is 0 Å². The molecule has 20 heavy (non-hydrogen) atoms. The highest BCUT2D eigenvalue weighted by Gasteiger charge is 2.40. The van der Waals surface area contributed by atoms with E-state index in [0.29, 0.717) is 6.54 Å². The minimum absolute atomic E-state index is 0.232. The van der Waals surface area contributed by atoms with Crippen molar-refractivity contribution in [3.05, 3.63) is 16.8 Å². The minimum Gasteiger partial charge on any atom is -0.369 e. The lowest BCUT2D eigenvalue weighted by atomic mass is 9.89. The molecular formula is C14H18N4OS. The zero-order valence-electron chi connectivity index (χ0n) is 11.9. The quantitative estimate of drug-likeness (QED) is 0.918. The third kappa shape index (κ3) is 1.95. The summed E-state index contributed by atoms with van der Waals surface area (Å²) >= 11 is 1.64. The number of aryl methyl sites for hydroxylation is 2. The SMILES string of the molecule is Cc1nc(N2CCC(C)(C(N)=O)C2)c2c(C)csc2n1.